The molecule has 2 N–H and O–H groups in total. The van der Waals surface area contributed by atoms with Gasteiger partial charge in [-0.05, 0) is 31.2 Å². The lowest BCUT2D eigenvalue weighted by molar-refractivity contribution is 1.32. The van der Waals surface area contributed by atoms with Crippen LogP contribution in [0.25, 0.3) is 11.3 Å². The Balaban J connectivity index is 2.53. The van der Waals surface area contributed by atoms with Gasteiger partial charge in [0.1, 0.15) is 0 Å². The molecule has 76 valence electrons. The van der Waals surface area contributed by atoms with Crippen molar-refractivity contribution in [3.63, 3.8) is 0 Å². The maximum absolute atomic E-state index is 6.10. The van der Waals surface area contributed by atoms with Gasteiger partial charge < -0.3 is 5.73 Å². The van der Waals surface area contributed by atoms with Crippen LogP contribution >= 0.6 is 11.6 Å². The molecule has 0 saturated carbocycles. The van der Waals surface area contributed by atoms with Gasteiger partial charge in [-0.25, -0.2) is 0 Å². The van der Waals surface area contributed by atoms with Crippen LogP contribution < -0.4 is 5.73 Å². The number of aromatic nitrogens is 1. The Labute approximate surface area is 93.7 Å². The van der Waals surface area contributed by atoms with Crippen LogP contribution in [0.1, 0.15) is 5.56 Å². The zero-order chi connectivity index (χ0) is 10.8. The number of anilines is 1. The van der Waals surface area contributed by atoms with Crippen LogP contribution in [0.15, 0.2) is 36.5 Å². The lowest BCUT2D eigenvalue weighted by atomic mass is 10.1. The smallest absolute Gasteiger partial charge is 0.0718 e. The maximum Gasteiger partial charge on any atom is 0.0718 e. The van der Waals surface area contributed by atoms with Gasteiger partial charge in [-0.15, -0.1) is 0 Å². The third-order valence-corrected chi connectivity index (χ3v) is 2.51. The lowest BCUT2D eigenvalue weighted by Crippen LogP contribution is -1.89. The molecule has 0 bridgehead atoms. The summed E-state index contributed by atoms with van der Waals surface area (Å²) in [6.07, 6.45) is 1.63. The van der Waals surface area contributed by atoms with E-state index >= 15 is 0 Å². The van der Waals surface area contributed by atoms with Crippen LogP contribution in [0.3, 0.4) is 0 Å². The van der Waals surface area contributed by atoms with Crippen LogP contribution in [0, 0.1) is 6.92 Å². The second kappa shape index (κ2) is 3.91. The summed E-state index contributed by atoms with van der Waals surface area (Å²) >= 11 is 6.10. The Morgan fingerprint density at radius 1 is 1.20 bits per heavy atom. The molecule has 0 aliphatic carbocycles. The van der Waals surface area contributed by atoms with Crippen molar-refractivity contribution in [1.82, 2.24) is 4.98 Å². The zero-order valence-electron chi connectivity index (χ0n) is 8.37. The zero-order valence-corrected chi connectivity index (χ0v) is 9.12. The average molecular weight is 219 g/mol. The number of pyridine rings is 1. The molecule has 2 nitrogen and oxygen atoms in total. The molecule has 0 fully saturated rings. The standard InChI is InChI=1S/C12H11ClN2/c1-8-2-4-11(13)10(6-8)12-5-3-9(14)7-15-12/h2-7H,14H2,1H3. The number of nitrogen functional groups attached to an aromatic ring is 1. The minimum Gasteiger partial charge on any atom is -0.397 e. The van der Waals surface area contributed by atoms with E-state index < -0.39 is 0 Å². The van der Waals surface area contributed by atoms with Crippen LogP contribution in [0.5, 0.6) is 0 Å². The summed E-state index contributed by atoms with van der Waals surface area (Å²) < 4.78 is 0. The van der Waals surface area contributed by atoms with Crippen molar-refractivity contribution in [2.45, 2.75) is 6.92 Å². The Hall–Kier alpha value is -1.54. The van der Waals surface area contributed by atoms with Gasteiger partial charge in [0, 0.05) is 10.6 Å². The molecule has 15 heavy (non-hydrogen) atoms. The van der Waals surface area contributed by atoms with Gasteiger partial charge >= 0.3 is 0 Å². The molecule has 0 aliphatic rings. The highest BCUT2D eigenvalue weighted by Crippen LogP contribution is 2.27. The van der Waals surface area contributed by atoms with Gasteiger partial charge in [0.25, 0.3) is 0 Å². The summed E-state index contributed by atoms with van der Waals surface area (Å²) in [4.78, 5) is 4.24. The Bertz CT molecular complexity index is 477. The molecule has 0 amide bonds. The molecule has 0 atom stereocenters. The normalized spacial score (nSPS) is 10.3. The van der Waals surface area contributed by atoms with Crippen LogP contribution in [-0.4, -0.2) is 4.98 Å². The van der Waals surface area contributed by atoms with Crippen molar-refractivity contribution in [2.75, 3.05) is 5.73 Å². The van der Waals surface area contributed by atoms with Crippen molar-refractivity contribution in [1.29, 1.82) is 0 Å². The van der Waals surface area contributed by atoms with E-state index in [1.165, 1.54) is 0 Å². The topological polar surface area (TPSA) is 38.9 Å². The minimum absolute atomic E-state index is 0.655. The van der Waals surface area contributed by atoms with Crippen molar-refractivity contribution < 1.29 is 0 Å². The van der Waals surface area contributed by atoms with E-state index in [2.05, 4.69) is 4.98 Å². The first-order valence-corrected chi connectivity index (χ1v) is 5.02. The highest BCUT2D eigenvalue weighted by molar-refractivity contribution is 6.33. The first kappa shape index (κ1) is 9.99. The minimum atomic E-state index is 0.655. The maximum atomic E-state index is 6.10. The third kappa shape index (κ3) is 2.10. The number of hydrogen-bond donors (Lipinski definition) is 1. The molecule has 2 aromatic rings. The number of benzene rings is 1. The lowest BCUT2D eigenvalue weighted by Gasteiger charge is -2.05. The first-order chi connectivity index (χ1) is 7.16. The van der Waals surface area contributed by atoms with Gasteiger partial charge in [-0.1, -0.05) is 23.2 Å². The van der Waals surface area contributed by atoms with E-state index in [1.807, 2.05) is 37.3 Å². The quantitative estimate of drug-likeness (QED) is 0.798. The van der Waals surface area contributed by atoms with E-state index in [4.69, 9.17) is 17.3 Å². The van der Waals surface area contributed by atoms with Gasteiger partial charge in [0.2, 0.25) is 0 Å². The number of aryl methyl sites for hydroxylation is 1. The van der Waals surface area contributed by atoms with E-state index in [0.717, 1.165) is 16.8 Å². The molecule has 0 spiro atoms. The molecule has 1 aromatic carbocycles. The molecule has 0 saturated heterocycles. The molecule has 2 rings (SSSR count). The summed E-state index contributed by atoms with van der Waals surface area (Å²) in [5.74, 6) is 0. The molecular weight excluding hydrogens is 208 g/mol. The largest absolute Gasteiger partial charge is 0.397 e. The number of hydrogen-bond acceptors (Lipinski definition) is 2. The Morgan fingerprint density at radius 3 is 2.67 bits per heavy atom. The highest BCUT2D eigenvalue weighted by Gasteiger charge is 2.04. The summed E-state index contributed by atoms with van der Waals surface area (Å²) in [5.41, 5.74) is 9.18. The summed E-state index contributed by atoms with van der Waals surface area (Å²) in [6, 6.07) is 9.56. The summed E-state index contributed by atoms with van der Waals surface area (Å²) in [6.45, 7) is 2.02. The van der Waals surface area contributed by atoms with Crippen molar-refractivity contribution in [2.24, 2.45) is 0 Å². The van der Waals surface area contributed by atoms with Gasteiger partial charge in [0.05, 0.1) is 17.6 Å². The second-order valence-corrected chi connectivity index (χ2v) is 3.87. The number of rotatable bonds is 1. The van der Waals surface area contributed by atoms with E-state index in [1.54, 1.807) is 6.20 Å². The summed E-state index contributed by atoms with van der Waals surface area (Å²) in [5, 5.41) is 0.706. The fourth-order valence-corrected chi connectivity index (χ4v) is 1.61. The predicted molar refractivity (Wildman–Crippen MR) is 63.8 cm³/mol. The van der Waals surface area contributed by atoms with Crippen molar-refractivity contribution >= 4 is 17.3 Å². The van der Waals surface area contributed by atoms with Crippen molar-refractivity contribution in [3.05, 3.63) is 47.1 Å². The Morgan fingerprint density at radius 2 is 2.00 bits per heavy atom. The van der Waals surface area contributed by atoms with E-state index in [-0.39, 0.29) is 0 Å². The van der Waals surface area contributed by atoms with Gasteiger partial charge in [0.15, 0.2) is 0 Å². The van der Waals surface area contributed by atoms with E-state index in [0.29, 0.717) is 10.7 Å². The number of halogens is 1. The van der Waals surface area contributed by atoms with E-state index in [9.17, 15) is 0 Å². The first-order valence-electron chi connectivity index (χ1n) is 4.65. The predicted octanol–water partition coefficient (Wildman–Crippen LogP) is 3.29. The number of nitrogens with two attached hydrogens (primary N) is 1. The molecular formula is C12H11ClN2. The highest BCUT2D eigenvalue weighted by atomic mass is 35.5. The molecule has 0 unspecified atom stereocenters. The molecule has 1 heterocycles. The van der Waals surface area contributed by atoms with Crippen molar-refractivity contribution in [3.8, 4) is 11.3 Å². The SMILES string of the molecule is Cc1ccc(Cl)c(-c2ccc(N)cn2)c1. The molecule has 0 aliphatic heterocycles. The fourth-order valence-electron chi connectivity index (χ4n) is 1.40. The monoisotopic (exact) mass is 218 g/mol. The third-order valence-electron chi connectivity index (χ3n) is 2.18. The van der Waals surface area contributed by atoms with Crippen LogP contribution in [0.2, 0.25) is 5.02 Å². The van der Waals surface area contributed by atoms with Crippen LogP contribution in [0.4, 0.5) is 5.69 Å². The van der Waals surface area contributed by atoms with Gasteiger partial charge in [-0.3, -0.25) is 4.98 Å². The van der Waals surface area contributed by atoms with Gasteiger partial charge in [-0.2, -0.15) is 0 Å². The molecule has 1 aromatic heterocycles. The molecule has 0 radical (unpaired) electrons. The fraction of sp³-hybridized carbons (Fsp3) is 0.0833. The summed E-state index contributed by atoms with van der Waals surface area (Å²) in [7, 11) is 0. The average Bonchev–Trinajstić information content (AvgIpc) is 2.23. The van der Waals surface area contributed by atoms with Crippen LogP contribution in [-0.2, 0) is 0 Å². The molecule has 3 heteroatoms. The number of nitrogens with zero attached hydrogens (tertiary/aromatic N) is 1. The second-order valence-electron chi connectivity index (χ2n) is 3.46. The Kier molecular flexibility index (Phi) is 2.60.